The first-order valence-electron chi connectivity index (χ1n) is 9.42. The molecule has 2 aromatic rings. The standard InChI is InChI=1S/C21H23Cl3O3S/c22-13-8-12(9-14(23)10-13)4-6-17-16(18(24)11-19(17)25)3-1-2-15-5-7-20(28-15)21(26)27/h5,7-10,16-19,25H,1-4,6,11H2,(H,26,27)/t16-,17?,18-,19-/m1/s1. The lowest BCUT2D eigenvalue weighted by molar-refractivity contribution is 0.0702. The van der Waals surface area contributed by atoms with Crippen molar-refractivity contribution in [3.05, 3.63) is 55.7 Å². The number of hydrogen-bond acceptors (Lipinski definition) is 3. The lowest BCUT2D eigenvalue weighted by Crippen LogP contribution is -2.21. The van der Waals surface area contributed by atoms with E-state index in [1.807, 2.05) is 18.2 Å². The van der Waals surface area contributed by atoms with Gasteiger partial charge in [0, 0.05) is 20.3 Å². The summed E-state index contributed by atoms with van der Waals surface area (Å²) < 4.78 is 0. The van der Waals surface area contributed by atoms with Crippen LogP contribution < -0.4 is 0 Å². The van der Waals surface area contributed by atoms with Gasteiger partial charge in [-0.2, -0.15) is 0 Å². The van der Waals surface area contributed by atoms with E-state index < -0.39 is 5.97 Å². The van der Waals surface area contributed by atoms with Crippen LogP contribution in [0.4, 0.5) is 0 Å². The number of aryl methyl sites for hydroxylation is 2. The van der Waals surface area contributed by atoms with Crippen molar-refractivity contribution in [1.29, 1.82) is 0 Å². The van der Waals surface area contributed by atoms with Crippen molar-refractivity contribution in [2.75, 3.05) is 0 Å². The van der Waals surface area contributed by atoms with Gasteiger partial charge in [0.2, 0.25) is 0 Å². The smallest absolute Gasteiger partial charge is 0.345 e. The number of carboxylic acids is 1. The number of carbonyl (C=O) groups is 1. The Bertz CT molecular complexity index is 803. The zero-order valence-corrected chi connectivity index (χ0v) is 18.4. The minimum atomic E-state index is -0.878. The van der Waals surface area contributed by atoms with E-state index in [-0.39, 0.29) is 23.3 Å². The third kappa shape index (κ3) is 5.64. The average Bonchev–Trinajstić information content (AvgIpc) is 3.18. The molecule has 1 aromatic carbocycles. The lowest BCUT2D eigenvalue weighted by Gasteiger charge is -2.23. The molecule has 0 bridgehead atoms. The van der Waals surface area contributed by atoms with Crippen LogP contribution in [0.2, 0.25) is 10.0 Å². The number of carboxylic acid groups (broad SMARTS) is 1. The van der Waals surface area contributed by atoms with Gasteiger partial charge < -0.3 is 10.2 Å². The predicted octanol–water partition coefficient (Wildman–Crippen LogP) is 6.31. The molecule has 0 spiro atoms. The van der Waals surface area contributed by atoms with Crippen LogP contribution in [0.15, 0.2) is 30.3 Å². The largest absolute Gasteiger partial charge is 0.477 e. The maximum absolute atomic E-state index is 11.0. The zero-order valence-electron chi connectivity index (χ0n) is 15.3. The van der Waals surface area contributed by atoms with E-state index in [9.17, 15) is 9.90 Å². The maximum atomic E-state index is 11.0. The summed E-state index contributed by atoms with van der Waals surface area (Å²) in [5, 5.41) is 20.7. The molecule has 28 heavy (non-hydrogen) atoms. The number of benzene rings is 1. The Morgan fingerprint density at radius 3 is 2.43 bits per heavy atom. The van der Waals surface area contributed by atoms with Crippen LogP contribution in [0, 0.1) is 11.8 Å². The van der Waals surface area contributed by atoms with Crippen LogP contribution in [0.3, 0.4) is 0 Å². The average molecular weight is 462 g/mol. The molecule has 3 nitrogen and oxygen atoms in total. The molecule has 0 radical (unpaired) electrons. The van der Waals surface area contributed by atoms with Gasteiger partial charge >= 0.3 is 5.97 Å². The van der Waals surface area contributed by atoms with E-state index in [1.54, 1.807) is 12.1 Å². The van der Waals surface area contributed by atoms with Crippen LogP contribution in [0.5, 0.6) is 0 Å². The van der Waals surface area contributed by atoms with Crippen LogP contribution in [-0.2, 0) is 12.8 Å². The molecule has 1 aromatic heterocycles. The monoisotopic (exact) mass is 460 g/mol. The van der Waals surface area contributed by atoms with Crippen LogP contribution in [0.25, 0.3) is 0 Å². The van der Waals surface area contributed by atoms with E-state index in [4.69, 9.17) is 39.9 Å². The van der Waals surface area contributed by atoms with Gasteiger partial charge in [-0.15, -0.1) is 22.9 Å². The first-order chi connectivity index (χ1) is 13.3. The fourth-order valence-electron chi connectivity index (χ4n) is 4.16. The van der Waals surface area contributed by atoms with Crippen LogP contribution in [-0.4, -0.2) is 27.7 Å². The van der Waals surface area contributed by atoms with Crippen molar-refractivity contribution >= 4 is 52.1 Å². The van der Waals surface area contributed by atoms with E-state index >= 15 is 0 Å². The van der Waals surface area contributed by atoms with Gasteiger partial charge in [0.05, 0.1) is 6.10 Å². The molecule has 1 heterocycles. The van der Waals surface area contributed by atoms with Crippen molar-refractivity contribution in [2.24, 2.45) is 11.8 Å². The summed E-state index contributed by atoms with van der Waals surface area (Å²) in [5.41, 5.74) is 1.07. The molecule has 152 valence electrons. The summed E-state index contributed by atoms with van der Waals surface area (Å²) in [7, 11) is 0. The second kappa shape index (κ2) is 9.82. The Morgan fingerprint density at radius 2 is 1.79 bits per heavy atom. The number of alkyl halides is 1. The third-order valence-electron chi connectivity index (χ3n) is 5.50. The van der Waals surface area contributed by atoms with Crippen molar-refractivity contribution < 1.29 is 15.0 Å². The summed E-state index contributed by atoms with van der Waals surface area (Å²) in [4.78, 5) is 12.4. The predicted molar refractivity (Wildman–Crippen MR) is 116 cm³/mol. The number of aromatic carboxylic acids is 1. The highest BCUT2D eigenvalue weighted by Crippen LogP contribution is 2.42. The van der Waals surface area contributed by atoms with Crippen LogP contribution in [0.1, 0.15) is 45.8 Å². The molecular formula is C21H23Cl3O3S. The van der Waals surface area contributed by atoms with Crippen molar-refractivity contribution in [1.82, 2.24) is 0 Å². The molecule has 1 aliphatic rings. The van der Waals surface area contributed by atoms with Crippen LogP contribution >= 0.6 is 46.1 Å². The number of thiophene rings is 1. The molecule has 4 atom stereocenters. The van der Waals surface area contributed by atoms with E-state index in [0.717, 1.165) is 42.5 Å². The summed E-state index contributed by atoms with van der Waals surface area (Å²) in [6, 6.07) is 9.09. The van der Waals surface area contributed by atoms with Crippen molar-refractivity contribution in [3.63, 3.8) is 0 Å². The molecular weight excluding hydrogens is 439 g/mol. The molecule has 2 N–H and O–H groups in total. The van der Waals surface area contributed by atoms with Gasteiger partial charge in [0.15, 0.2) is 0 Å². The van der Waals surface area contributed by atoms with Gasteiger partial charge in [-0.25, -0.2) is 4.79 Å². The fourth-order valence-corrected chi connectivity index (χ4v) is 6.12. The Labute approximate surface area is 184 Å². The molecule has 0 amide bonds. The molecule has 1 unspecified atom stereocenters. The number of aliphatic hydroxyl groups excluding tert-OH is 1. The first-order valence-corrected chi connectivity index (χ1v) is 11.4. The number of rotatable bonds is 8. The highest BCUT2D eigenvalue weighted by atomic mass is 35.5. The Hall–Kier alpha value is -0.780. The van der Waals surface area contributed by atoms with Crippen molar-refractivity contribution in [3.8, 4) is 0 Å². The quantitative estimate of drug-likeness (QED) is 0.453. The minimum Gasteiger partial charge on any atom is -0.477 e. The molecule has 0 aliphatic heterocycles. The Kier molecular flexibility index (Phi) is 7.68. The van der Waals surface area contributed by atoms with Gasteiger partial charge in [-0.05, 0) is 86.3 Å². The van der Waals surface area contributed by atoms with E-state index in [0.29, 0.717) is 21.3 Å². The van der Waals surface area contributed by atoms with Gasteiger partial charge in [-0.3, -0.25) is 0 Å². The molecule has 1 saturated carbocycles. The van der Waals surface area contributed by atoms with E-state index in [2.05, 4.69) is 0 Å². The molecule has 7 heteroatoms. The third-order valence-corrected chi connectivity index (χ3v) is 7.57. The normalized spacial score (nSPS) is 24.6. The van der Waals surface area contributed by atoms with Crippen molar-refractivity contribution in [2.45, 2.75) is 50.0 Å². The Morgan fingerprint density at radius 1 is 1.07 bits per heavy atom. The summed E-state index contributed by atoms with van der Waals surface area (Å²) in [6.07, 6.45) is 4.57. The zero-order chi connectivity index (χ0) is 20.3. The number of aliphatic hydroxyl groups is 1. The highest BCUT2D eigenvalue weighted by molar-refractivity contribution is 7.13. The second-order valence-electron chi connectivity index (χ2n) is 7.43. The lowest BCUT2D eigenvalue weighted by atomic mass is 9.85. The Balaban J connectivity index is 1.56. The number of halogens is 3. The van der Waals surface area contributed by atoms with Gasteiger partial charge in [-0.1, -0.05) is 23.2 Å². The molecule has 1 aliphatic carbocycles. The molecule has 1 fully saturated rings. The van der Waals surface area contributed by atoms with Gasteiger partial charge in [0.25, 0.3) is 0 Å². The highest BCUT2D eigenvalue weighted by Gasteiger charge is 2.40. The first kappa shape index (κ1) is 21.9. The molecule has 3 rings (SSSR count). The SMILES string of the molecule is O=C(O)c1ccc(CCC[C@@H]2C(CCc3cc(Cl)cc(Cl)c3)[C@H](O)C[C@H]2Cl)s1. The van der Waals surface area contributed by atoms with E-state index in [1.165, 1.54) is 11.3 Å². The topological polar surface area (TPSA) is 57.5 Å². The van der Waals surface area contributed by atoms with Gasteiger partial charge in [0.1, 0.15) is 4.88 Å². The maximum Gasteiger partial charge on any atom is 0.345 e. The minimum absolute atomic E-state index is 0.0270. The summed E-state index contributed by atoms with van der Waals surface area (Å²) in [5.74, 6) is -0.472. The molecule has 0 saturated heterocycles. The summed E-state index contributed by atoms with van der Waals surface area (Å²) >= 11 is 20.0. The fraction of sp³-hybridized carbons (Fsp3) is 0.476. The second-order valence-corrected chi connectivity index (χ2v) is 10.0. The number of hydrogen-bond donors (Lipinski definition) is 2. The summed E-state index contributed by atoms with van der Waals surface area (Å²) in [6.45, 7) is 0.